The number of rotatable bonds is 14. The summed E-state index contributed by atoms with van der Waals surface area (Å²) in [6.07, 6.45) is 17.1. The molecular formula is C17H34OS. The van der Waals surface area contributed by atoms with E-state index < -0.39 is 0 Å². The molecule has 1 nitrogen and oxygen atoms in total. The summed E-state index contributed by atoms with van der Waals surface area (Å²) in [5.74, 6) is 0.517. The Morgan fingerprint density at radius 2 is 1.26 bits per heavy atom. The molecule has 1 atom stereocenters. The van der Waals surface area contributed by atoms with Crippen molar-refractivity contribution in [2.45, 2.75) is 97.3 Å². The van der Waals surface area contributed by atoms with Crippen LogP contribution >= 0.6 is 12.6 Å². The highest BCUT2D eigenvalue weighted by molar-refractivity contribution is 7.96. The lowest BCUT2D eigenvalue weighted by molar-refractivity contribution is -0.111. The average Bonchev–Trinajstić information content (AvgIpc) is 2.35. The van der Waals surface area contributed by atoms with E-state index >= 15 is 0 Å². The second-order valence-corrected chi connectivity index (χ2v) is 6.53. The van der Waals surface area contributed by atoms with Gasteiger partial charge in [-0.3, -0.25) is 4.79 Å². The zero-order valence-electron chi connectivity index (χ0n) is 13.1. The van der Waals surface area contributed by atoms with Crippen molar-refractivity contribution >= 4 is 17.7 Å². The third-order valence-electron chi connectivity index (χ3n) is 3.82. The minimum absolute atomic E-state index is 0.0376. The van der Waals surface area contributed by atoms with E-state index in [0.717, 1.165) is 0 Å². The van der Waals surface area contributed by atoms with Gasteiger partial charge in [0.1, 0.15) is 0 Å². The van der Waals surface area contributed by atoms with Crippen molar-refractivity contribution < 1.29 is 4.79 Å². The molecule has 0 aliphatic rings. The predicted molar refractivity (Wildman–Crippen MR) is 88.9 cm³/mol. The molecule has 0 saturated carbocycles. The van der Waals surface area contributed by atoms with Crippen molar-refractivity contribution in [3.63, 3.8) is 0 Å². The Kier molecular flexibility index (Phi) is 14.4. The monoisotopic (exact) mass is 286 g/mol. The van der Waals surface area contributed by atoms with Crippen LogP contribution in [0.2, 0.25) is 0 Å². The summed E-state index contributed by atoms with van der Waals surface area (Å²) in [5, 5.41) is 0.0376. The highest BCUT2D eigenvalue weighted by Crippen LogP contribution is 2.16. The first-order chi connectivity index (χ1) is 9.16. The highest BCUT2D eigenvalue weighted by atomic mass is 32.1. The van der Waals surface area contributed by atoms with E-state index in [0.29, 0.717) is 12.3 Å². The SMILES string of the molecule is CCCCCCCCCCCCCC(C)CC(=O)S. The summed E-state index contributed by atoms with van der Waals surface area (Å²) in [4.78, 5) is 10.8. The van der Waals surface area contributed by atoms with Gasteiger partial charge in [0.15, 0.2) is 5.12 Å². The van der Waals surface area contributed by atoms with Crippen LogP contribution in [0.25, 0.3) is 0 Å². The summed E-state index contributed by atoms with van der Waals surface area (Å²) < 4.78 is 0. The Labute approximate surface area is 126 Å². The van der Waals surface area contributed by atoms with E-state index in [-0.39, 0.29) is 5.12 Å². The van der Waals surface area contributed by atoms with E-state index in [2.05, 4.69) is 26.5 Å². The Bertz CT molecular complexity index is 203. The van der Waals surface area contributed by atoms with Crippen LogP contribution in [0.4, 0.5) is 0 Å². The van der Waals surface area contributed by atoms with Crippen LogP contribution in [-0.2, 0) is 4.79 Å². The van der Waals surface area contributed by atoms with Gasteiger partial charge in [0.05, 0.1) is 0 Å². The lowest BCUT2D eigenvalue weighted by Gasteiger charge is -2.08. The zero-order valence-corrected chi connectivity index (χ0v) is 14.0. The first kappa shape index (κ1) is 19.0. The van der Waals surface area contributed by atoms with Crippen LogP contribution in [0.1, 0.15) is 97.3 Å². The molecule has 114 valence electrons. The van der Waals surface area contributed by atoms with Crippen molar-refractivity contribution in [1.82, 2.24) is 0 Å². The Morgan fingerprint density at radius 3 is 1.68 bits per heavy atom. The number of hydrogen-bond donors (Lipinski definition) is 1. The zero-order chi connectivity index (χ0) is 14.3. The molecule has 0 spiro atoms. The van der Waals surface area contributed by atoms with Gasteiger partial charge in [0.25, 0.3) is 0 Å². The molecule has 0 aromatic rings. The molecular weight excluding hydrogens is 252 g/mol. The van der Waals surface area contributed by atoms with Crippen molar-refractivity contribution in [1.29, 1.82) is 0 Å². The highest BCUT2D eigenvalue weighted by Gasteiger charge is 2.05. The van der Waals surface area contributed by atoms with Gasteiger partial charge in [0, 0.05) is 6.42 Å². The third kappa shape index (κ3) is 16.0. The summed E-state index contributed by atoms with van der Waals surface area (Å²) in [6.45, 7) is 4.43. The minimum Gasteiger partial charge on any atom is -0.287 e. The van der Waals surface area contributed by atoms with Crippen molar-refractivity contribution in [3.05, 3.63) is 0 Å². The van der Waals surface area contributed by atoms with Gasteiger partial charge in [-0.25, -0.2) is 0 Å². The van der Waals surface area contributed by atoms with E-state index in [9.17, 15) is 4.79 Å². The maximum atomic E-state index is 10.8. The lowest BCUT2D eigenvalue weighted by atomic mass is 9.99. The standard InChI is InChI=1S/C17H34OS/c1-3-4-5-6-7-8-9-10-11-12-13-14-16(2)15-17(18)19/h16H,3-15H2,1-2H3,(H,18,19). The molecule has 0 aliphatic carbocycles. The Morgan fingerprint density at radius 1 is 0.842 bits per heavy atom. The predicted octanol–water partition coefficient (Wildman–Crippen LogP) is 6.17. The molecule has 2 heteroatoms. The van der Waals surface area contributed by atoms with Gasteiger partial charge in [-0.1, -0.05) is 90.9 Å². The maximum absolute atomic E-state index is 10.8. The Hall–Kier alpha value is 0.0200. The molecule has 0 saturated heterocycles. The van der Waals surface area contributed by atoms with E-state index in [1.165, 1.54) is 77.0 Å². The second-order valence-electron chi connectivity index (χ2n) is 6.03. The molecule has 0 heterocycles. The second kappa shape index (κ2) is 14.4. The molecule has 0 radical (unpaired) electrons. The van der Waals surface area contributed by atoms with E-state index in [1.54, 1.807) is 0 Å². The first-order valence-electron chi connectivity index (χ1n) is 8.38. The largest absolute Gasteiger partial charge is 0.287 e. The molecule has 1 unspecified atom stereocenters. The fraction of sp³-hybridized carbons (Fsp3) is 0.941. The van der Waals surface area contributed by atoms with Crippen molar-refractivity contribution in [2.24, 2.45) is 5.92 Å². The normalized spacial score (nSPS) is 12.6. The lowest BCUT2D eigenvalue weighted by Crippen LogP contribution is -1.99. The molecule has 0 rings (SSSR count). The molecule has 0 aromatic carbocycles. The molecule has 0 amide bonds. The number of hydrogen-bond acceptors (Lipinski definition) is 1. The molecule has 0 aliphatic heterocycles. The van der Waals surface area contributed by atoms with Crippen molar-refractivity contribution in [2.75, 3.05) is 0 Å². The van der Waals surface area contributed by atoms with Crippen molar-refractivity contribution in [3.8, 4) is 0 Å². The van der Waals surface area contributed by atoms with Gasteiger partial charge in [-0.05, 0) is 5.92 Å². The molecule has 19 heavy (non-hydrogen) atoms. The third-order valence-corrected chi connectivity index (χ3v) is 4.01. The topological polar surface area (TPSA) is 17.1 Å². The average molecular weight is 287 g/mol. The fourth-order valence-electron chi connectivity index (χ4n) is 2.56. The summed E-state index contributed by atoms with van der Waals surface area (Å²) in [7, 11) is 0. The van der Waals surface area contributed by atoms with E-state index in [1.807, 2.05) is 0 Å². The number of thiol groups is 1. The van der Waals surface area contributed by atoms with Gasteiger partial charge >= 0.3 is 0 Å². The number of carbonyl (C=O) groups excluding carboxylic acids is 1. The van der Waals surface area contributed by atoms with Crippen LogP contribution in [0.15, 0.2) is 0 Å². The van der Waals surface area contributed by atoms with Crippen LogP contribution in [0.5, 0.6) is 0 Å². The maximum Gasteiger partial charge on any atom is 0.186 e. The summed E-state index contributed by atoms with van der Waals surface area (Å²) >= 11 is 3.83. The summed E-state index contributed by atoms with van der Waals surface area (Å²) in [5.41, 5.74) is 0. The van der Waals surface area contributed by atoms with E-state index in [4.69, 9.17) is 0 Å². The number of unbranched alkanes of at least 4 members (excludes halogenated alkanes) is 10. The molecule has 0 bridgehead atoms. The smallest absolute Gasteiger partial charge is 0.186 e. The molecule has 0 N–H and O–H groups in total. The Balaban J connectivity index is 3.08. The summed E-state index contributed by atoms with van der Waals surface area (Å²) in [6, 6.07) is 0. The van der Waals surface area contributed by atoms with Crippen LogP contribution < -0.4 is 0 Å². The fourth-order valence-corrected chi connectivity index (χ4v) is 2.87. The van der Waals surface area contributed by atoms with Gasteiger partial charge in [-0.2, -0.15) is 0 Å². The van der Waals surface area contributed by atoms with Crippen LogP contribution in [0.3, 0.4) is 0 Å². The van der Waals surface area contributed by atoms with Gasteiger partial charge in [0.2, 0.25) is 0 Å². The quantitative estimate of drug-likeness (QED) is 0.298. The molecule has 0 fully saturated rings. The molecule has 0 aromatic heterocycles. The van der Waals surface area contributed by atoms with Gasteiger partial charge < -0.3 is 0 Å². The van der Waals surface area contributed by atoms with Gasteiger partial charge in [-0.15, -0.1) is 12.6 Å². The minimum atomic E-state index is 0.0376. The van der Waals surface area contributed by atoms with Crippen LogP contribution in [0, 0.1) is 5.92 Å². The first-order valence-corrected chi connectivity index (χ1v) is 8.83. The van der Waals surface area contributed by atoms with Crippen LogP contribution in [-0.4, -0.2) is 5.12 Å². The number of carbonyl (C=O) groups is 1.